The largest absolute Gasteiger partial charge is 0.488 e. The van der Waals surface area contributed by atoms with E-state index in [1.165, 1.54) is 4.88 Å². The zero-order valence-electron chi connectivity index (χ0n) is 12.6. The first-order valence-electron chi connectivity index (χ1n) is 7.63. The van der Waals surface area contributed by atoms with Gasteiger partial charge in [-0.3, -0.25) is 0 Å². The number of hydrogen-bond donors (Lipinski definition) is 0. The molecule has 0 spiro atoms. The lowest BCUT2D eigenvalue weighted by Gasteiger charge is -2.16. The fraction of sp³-hybridized carbons (Fsp3) is 0.0526. The third kappa shape index (κ3) is 2.13. The van der Waals surface area contributed by atoms with E-state index in [1.54, 1.807) is 11.3 Å². The molecule has 0 saturated heterocycles. The highest BCUT2D eigenvalue weighted by atomic mass is 32.1. The van der Waals surface area contributed by atoms with Gasteiger partial charge in [0.25, 0.3) is 5.89 Å². The number of hydrogen-bond acceptors (Lipinski definition) is 5. The Bertz CT molecular complexity index is 1020. The molecular formula is C19H12N2O2S. The molecule has 0 radical (unpaired) electrons. The molecule has 4 aromatic rings. The van der Waals surface area contributed by atoms with E-state index >= 15 is 0 Å². The second-order valence-electron chi connectivity index (χ2n) is 5.53. The number of fused-ring (bicyclic) bond motifs is 3. The van der Waals surface area contributed by atoms with Crippen LogP contribution in [0.2, 0.25) is 0 Å². The summed E-state index contributed by atoms with van der Waals surface area (Å²) in [5.74, 6) is 2.01. The lowest BCUT2D eigenvalue weighted by molar-refractivity contribution is 0.303. The molecule has 4 nitrogen and oxygen atoms in total. The Morgan fingerprint density at radius 2 is 1.67 bits per heavy atom. The molecule has 5 rings (SSSR count). The van der Waals surface area contributed by atoms with Crippen LogP contribution in [0.5, 0.6) is 5.75 Å². The van der Waals surface area contributed by atoms with E-state index in [-0.39, 0.29) is 0 Å². The van der Waals surface area contributed by atoms with Crippen LogP contribution in [0.25, 0.3) is 32.7 Å². The SMILES string of the molecule is c1ccc(-c2nnc(-c3cc4c(s3)-c3ccccc3OC4)o2)cc1. The van der Waals surface area contributed by atoms with E-state index in [1.807, 2.05) is 48.5 Å². The summed E-state index contributed by atoms with van der Waals surface area (Å²) in [6, 6.07) is 20.0. The van der Waals surface area contributed by atoms with Crippen LogP contribution in [-0.4, -0.2) is 10.2 Å². The van der Waals surface area contributed by atoms with Crippen molar-refractivity contribution >= 4 is 11.3 Å². The molecule has 0 amide bonds. The van der Waals surface area contributed by atoms with Crippen LogP contribution in [0.1, 0.15) is 5.56 Å². The van der Waals surface area contributed by atoms with Crippen molar-refractivity contribution in [2.75, 3.05) is 0 Å². The molecule has 24 heavy (non-hydrogen) atoms. The summed E-state index contributed by atoms with van der Waals surface area (Å²) < 4.78 is 11.7. The first-order chi connectivity index (χ1) is 11.9. The molecule has 1 aliphatic rings. The van der Waals surface area contributed by atoms with Gasteiger partial charge in [-0.15, -0.1) is 21.5 Å². The average molecular weight is 332 g/mol. The first kappa shape index (κ1) is 13.5. The monoisotopic (exact) mass is 332 g/mol. The number of aromatic nitrogens is 2. The summed E-state index contributed by atoms with van der Waals surface area (Å²) in [7, 11) is 0. The molecule has 0 fully saturated rings. The van der Waals surface area contributed by atoms with E-state index in [2.05, 4.69) is 22.3 Å². The fourth-order valence-corrected chi connectivity index (χ4v) is 3.94. The molecule has 1 aliphatic heterocycles. The highest BCUT2D eigenvalue weighted by molar-refractivity contribution is 7.19. The van der Waals surface area contributed by atoms with Crippen molar-refractivity contribution < 1.29 is 9.15 Å². The predicted octanol–water partition coefficient (Wildman–Crippen LogP) is 5.02. The quantitative estimate of drug-likeness (QED) is 0.517. The molecule has 0 bridgehead atoms. The second-order valence-corrected chi connectivity index (χ2v) is 6.58. The average Bonchev–Trinajstić information content (AvgIpc) is 3.29. The van der Waals surface area contributed by atoms with Crippen LogP contribution >= 0.6 is 11.3 Å². The van der Waals surface area contributed by atoms with Crippen molar-refractivity contribution in [2.45, 2.75) is 6.61 Å². The minimum Gasteiger partial charge on any atom is -0.488 e. The normalized spacial score (nSPS) is 12.3. The summed E-state index contributed by atoms with van der Waals surface area (Å²) in [5.41, 5.74) is 3.21. The minimum absolute atomic E-state index is 0.536. The number of thiophene rings is 1. The number of ether oxygens (including phenoxy) is 1. The summed E-state index contributed by atoms with van der Waals surface area (Å²) in [4.78, 5) is 2.18. The van der Waals surface area contributed by atoms with E-state index in [0.717, 1.165) is 27.3 Å². The Kier molecular flexibility index (Phi) is 2.99. The molecule has 0 aliphatic carbocycles. The van der Waals surface area contributed by atoms with E-state index in [9.17, 15) is 0 Å². The Morgan fingerprint density at radius 3 is 2.58 bits per heavy atom. The van der Waals surface area contributed by atoms with Gasteiger partial charge in [-0.1, -0.05) is 30.3 Å². The van der Waals surface area contributed by atoms with Crippen molar-refractivity contribution in [3.05, 3.63) is 66.2 Å². The maximum atomic E-state index is 5.87. The van der Waals surface area contributed by atoms with Gasteiger partial charge in [-0.25, -0.2) is 0 Å². The van der Waals surface area contributed by atoms with Gasteiger partial charge in [0.15, 0.2) is 0 Å². The molecule has 0 unspecified atom stereocenters. The number of benzene rings is 2. The minimum atomic E-state index is 0.536. The Balaban J connectivity index is 1.56. The van der Waals surface area contributed by atoms with Gasteiger partial charge >= 0.3 is 0 Å². The predicted molar refractivity (Wildman–Crippen MR) is 92.8 cm³/mol. The molecule has 3 heterocycles. The van der Waals surface area contributed by atoms with Gasteiger partial charge in [0.1, 0.15) is 12.4 Å². The lowest BCUT2D eigenvalue weighted by atomic mass is 10.1. The van der Waals surface area contributed by atoms with Crippen molar-refractivity contribution in [1.82, 2.24) is 10.2 Å². The van der Waals surface area contributed by atoms with Gasteiger partial charge < -0.3 is 9.15 Å². The maximum absolute atomic E-state index is 5.87. The third-order valence-corrected chi connectivity index (χ3v) is 5.18. The van der Waals surface area contributed by atoms with Gasteiger partial charge in [-0.05, 0) is 30.3 Å². The molecule has 0 saturated carbocycles. The summed E-state index contributed by atoms with van der Waals surface area (Å²) in [6.45, 7) is 0.572. The van der Waals surface area contributed by atoms with Crippen molar-refractivity contribution in [2.24, 2.45) is 0 Å². The van der Waals surface area contributed by atoms with Crippen LogP contribution in [0.3, 0.4) is 0 Å². The number of nitrogens with zero attached hydrogens (tertiary/aromatic N) is 2. The van der Waals surface area contributed by atoms with Crippen LogP contribution in [-0.2, 0) is 6.61 Å². The zero-order valence-corrected chi connectivity index (χ0v) is 13.4. The van der Waals surface area contributed by atoms with Gasteiger partial charge in [0.2, 0.25) is 5.89 Å². The highest BCUT2D eigenvalue weighted by Gasteiger charge is 2.22. The summed E-state index contributed by atoms with van der Waals surface area (Å²) in [5, 5.41) is 8.39. The lowest BCUT2D eigenvalue weighted by Crippen LogP contribution is -2.01. The standard InChI is InChI=1S/C19H12N2O2S/c1-2-6-12(7-3-1)18-20-21-19(23-18)16-10-13-11-22-15-9-5-4-8-14(15)17(13)24-16/h1-10H,11H2. The Labute approximate surface area is 142 Å². The molecule has 5 heteroatoms. The van der Waals surface area contributed by atoms with Crippen molar-refractivity contribution in [3.8, 4) is 38.4 Å². The van der Waals surface area contributed by atoms with E-state index in [0.29, 0.717) is 18.4 Å². The Hall–Kier alpha value is -2.92. The smallest absolute Gasteiger partial charge is 0.258 e. The third-order valence-electron chi connectivity index (χ3n) is 3.98. The zero-order chi connectivity index (χ0) is 15.9. The first-order valence-corrected chi connectivity index (χ1v) is 8.44. The number of para-hydroxylation sites is 1. The van der Waals surface area contributed by atoms with Crippen molar-refractivity contribution in [1.29, 1.82) is 0 Å². The van der Waals surface area contributed by atoms with Gasteiger partial charge in [-0.2, -0.15) is 0 Å². The highest BCUT2D eigenvalue weighted by Crippen LogP contribution is 2.44. The van der Waals surface area contributed by atoms with Crippen LogP contribution in [0.4, 0.5) is 0 Å². The maximum Gasteiger partial charge on any atom is 0.258 e. The molecule has 2 aromatic carbocycles. The molecule has 0 N–H and O–H groups in total. The summed E-state index contributed by atoms with van der Waals surface area (Å²) >= 11 is 1.66. The number of rotatable bonds is 2. The van der Waals surface area contributed by atoms with Gasteiger partial charge in [0, 0.05) is 21.6 Å². The van der Waals surface area contributed by atoms with Gasteiger partial charge in [0.05, 0.1) is 4.88 Å². The van der Waals surface area contributed by atoms with Crippen LogP contribution in [0.15, 0.2) is 65.1 Å². The van der Waals surface area contributed by atoms with Crippen molar-refractivity contribution in [3.63, 3.8) is 0 Å². The fourth-order valence-electron chi connectivity index (χ4n) is 2.83. The topological polar surface area (TPSA) is 48.2 Å². The Morgan fingerprint density at radius 1 is 0.875 bits per heavy atom. The molecule has 2 aromatic heterocycles. The summed E-state index contributed by atoms with van der Waals surface area (Å²) in [6.07, 6.45) is 0. The van der Waals surface area contributed by atoms with Crippen LogP contribution < -0.4 is 4.74 Å². The molecule has 116 valence electrons. The van der Waals surface area contributed by atoms with Crippen LogP contribution in [0, 0.1) is 0 Å². The second kappa shape index (κ2) is 5.32. The molecular weight excluding hydrogens is 320 g/mol. The van der Waals surface area contributed by atoms with E-state index < -0.39 is 0 Å². The van der Waals surface area contributed by atoms with E-state index in [4.69, 9.17) is 9.15 Å². The molecule has 0 atom stereocenters.